The van der Waals surface area contributed by atoms with E-state index in [1.165, 1.54) is 25.7 Å². The molecule has 0 aromatic carbocycles. The first-order valence-corrected chi connectivity index (χ1v) is 4.04. The van der Waals surface area contributed by atoms with E-state index in [0.717, 1.165) is 0 Å². The van der Waals surface area contributed by atoms with Gasteiger partial charge >= 0.3 is 0 Å². The second kappa shape index (κ2) is 3.21. The van der Waals surface area contributed by atoms with Crippen molar-refractivity contribution >= 4 is 0 Å². The Morgan fingerprint density at radius 3 is 1.78 bits per heavy atom. The smallest absolute Gasteiger partial charge is 0.0841 e. The maximum atomic E-state index is 5.40. The van der Waals surface area contributed by atoms with Crippen molar-refractivity contribution in [2.45, 2.75) is 51.7 Å². The summed E-state index contributed by atoms with van der Waals surface area (Å²) >= 11 is 0. The monoisotopic (exact) mass is 128 g/mol. The van der Waals surface area contributed by atoms with E-state index in [1.54, 1.807) is 0 Å². The van der Waals surface area contributed by atoms with Crippen molar-refractivity contribution in [2.24, 2.45) is 0 Å². The van der Waals surface area contributed by atoms with Crippen LogP contribution in [0.25, 0.3) is 0 Å². The third kappa shape index (κ3) is 1.98. The molecule has 1 nitrogen and oxygen atoms in total. The highest BCUT2D eigenvalue weighted by Gasteiger charge is 2.36. The van der Waals surface area contributed by atoms with Gasteiger partial charge in [0.1, 0.15) is 0 Å². The molecule has 2 atom stereocenters. The zero-order chi connectivity index (χ0) is 6.69. The van der Waals surface area contributed by atoms with Gasteiger partial charge in [-0.3, -0.25) is 0 Å². The molecule has 0 N–H and O–H groups in total. The highest BCUT2D eigenvalue weighted by Crippen LogP contribution is 2.29. The summed E-state index contributed by atoms with van der Waals surface area (Å²) in [5, 5.41) is 0. The van der Waals surface area contributed by atoms with Crippen LogP contribution in [0.5, 0.6) is 0 Å². The van der Waals surface area contributed by atoms with E-state index in [4.69, 9.17) is 4.74 Å². The van der Waals surface area contributed by atoms with Crippen LogP contribution in [-0.2, 0) is 4.74 Å². The average molecular weight is 128 g/mol. The summed E-state index contributed by atoms with van der Waals surface area (Å²) in [6.07, 6.45) is 6.34. The van der Waals surface area contributed by atoms with Crippen molar-refractivity contribution < 1.29 is 4.74 Å². The highest BCUT2D eigenvalue weighted by molar-refractivity contribution is 4.83. The SMILES string of the molecule is CCC[C@@H]1O[C@@H]1CCC. The fourth-order valence-electron chi connectivity index (χ4n) is 1.26. The van der Waals surface area contributed by atoms with E-state index in [0.29, 0.717) is 12.2 Å². The van der Waals surface area contributed by atoms with E-state index in [1.807, 2.05) is 0 Å². The van der Waals surface area contributed by atoms with Gasteiger partial charge in [0.15, 0.2) is 0 Å². The second-order valence-corrected chi connectivity index (χ2v) is 2.79. The number of rotatable bonds is 4. The molecule has 0 unspecified atom stereocenters. The van der Waals surface area contributed by atoms with E-state index >= 15 is 0 Å². The van der Waals surface area contributed by atoms with E-state index in [2.05, 4.69) is 13.8 Å². The topological polar surface area (TPSA) is 12.5 Å². The molecule has 1 aliphatic heterocycles. The van der Waals surface area contributed by atoms with Gasteiger partial charge in [-0.1, -0.05) is 26.7 Å². The molecule has 1 heteroatoms. The second-order valence-electron chi connectivity index (χ2n) is 2.79. The number of ether oxygens (including phenoxy) is 1. The quantitative estimate of drug-likeness (QED) is 0.529. The molecule has 0 bridgehead atoms. The lowest BCUT2D eigenvalue weighted by Gasteiger charge is -1.87. The predicted octanol–water partition coefficient (Wildman–Crippen LogP) is 2.35. The molecule has 0 spiro atoms. The molecule has 1 aliphatic rings. The Labute approximate surface area is 57.4 Å². The van der Waals surface area contributed by atoms with Gasteiger partial charge in [0.2, 0.25) is 0 Å². The lowest BCUT2D eigenvalue weighted by Crippen LogP contribution is -1.91. The molecular weight excluding hydrogens is 112 g/mol. The Bertz CT molecular complexity index is 70.6. The van der Waals surface area contributed by atoms with Crippen LogP contribution in [0, 0.1) is 0 Å². The Balaban J connectivity index is 1.96. The molecule has 0 aromatic rings. The van der Waals surface area contributed by atoms with Crippen molar-refractivity contribution in [2.75, 3.05) is 0 Å². The van der Waals surface area contributed by atoms with Crippen molar-refractivity contribution in [1.29, 1.82) is 0 Å². The summed E-state index contributed by atoms with van der Waals surface area (Å²) in [5.74, 6) is 0. The summed E-state index contributed by atoms with van der Waals surface area (Å²) in [6, 6.07) is 0. The predicted molar refractivity (Wildman–Crippen MR) is 38.5 cm³/mol. The molecule has 0 aromatic heterocycles. The third-order valence-corrected chi connectivity index (χ3v) is 1.83. The van der Waals surface area contributed by atoms with Gasteiger partial charge in [0, 0.05) is 0 Å². The fourth-order valence-corrected chi connectivity index (χ4v) is 1.26. The Morgan fingerprint density at radius 1 is 1.00 bits per heavy atom. The van der Waals surface area contributed by atoms with Crippen LogP contribution in [0.15, 0.2) is 0 Å². The minimum atomic E-state index is 0.634. The van der Waals surface area contributed by atoms with Gasteiger partial charge in [-0.2, -0.15) is 0 Å². The first-order chi connectivity index (χ1) is 4.38. The number of hydrogen-bond donors (Lipinski definition) is 0. The highest BCUT2D eigenvalue weighted by atomic mass is 16.6. The zero-order valence-electron chi connectivity index (χ0n) is 6.39. The Morgan fingerprint density at radius 2 is 1.44 bits per heavy atom. The lowest BCUT2D eigenvalue weighted by atomic mass is 10.1. The molecule has 9 heavy (non-hydrogen) atoms. The summed E-state index contributed by atoms with van der Waals surface area (Å²) in [6.45, 7) is 4.43. The lowest BCUT2D eigenvalue weighted by molar-refractivity contribution is 0.354. The molecule has 1 fully saturated rings. The number of epoxide rings is 1. The van der Waals surface area contributed by atoms with E-state index < -0.39 is 0 Å². The fraction of sp³-hybridized carbons (Fsp3) is 1.00. The van der Waals surface area contributed by atoms with E-state index in [9.17, 15) is 0 Å². The maximum absolute atomic E-state index is 5.40. The molecule has 0 radical (unpaired) electrons. The third-order valence-electron chi connectivity index (χ3n) is 1.83. The summed E-state index contributed by atoms with van der Waals surface area (Å²) in [5.41, 5.74) is 0. The number of hydrogen-bond acceptors (Lipinski definition) is 1. The van der Waals surface area contributed by atoms with E-state index in [-0.39, 0.29) is 0 Å². The first kappa shape index (κ1) is 7.07. The molecule has 1 saturated heterocycles. The average Bonchev–Trinajstić information content (AvgIpc) is 2.50. The van der Waals surface area contributed by atoms with Crippen molar-refractivity contribution in [3.63, 3.8) is 0 Å². The molecule has 1 heterocycles. The molecule has 0 aliphatic carbocycles. The largest absolute Gasteiger partial charge is 0.370 e. The van der Waals surface area contributed by atoms with Crippen LogP contribution in [0.3, 0.4) is 0 Å². The first-order valence-electron chi connectivity index (χ1n) is 4.04. The van der Waals surface area contributed by atoms with Crippen LogP contribution >= 0.6 is 0 Å². The van der Waals surface area contributed by atoms with Crippen molar-refractivity contribution in [3.8, 4) is 0 Å². The molecule has 54 valence electrons. The van der Waals surface area contributed by atoms with Crippen molar-refractivity contribution in [3.05, 3.63) is 0 Å². The zero-order valence-corrected chi connectivity index (χ0v) is 6.39. The van der Waals surface area contributed by atoms with Crippen molar-refractivity contribution in [1.82, 2.24) is 0 Å². The molecular formula is C8H16O. The minimum absolute atomic E-state index is 0.634. The van der Waals surface area contributed by atoms with Gasteiger partial charge in [-0.15, -0.1) is 0 Å². The van der Waals surface area contributed by atoms with Gasteiger partial charge in [-0.05, 0) is 12.8 Å². The van der Waals surface area contributed by atoms with Gasteiger partial charge in [-0.25, -0.2) is 0 Å². The summed E-state index contributed by atoms with van der Waals surface area (Å²) < 4.78 is 5.40. The van der Waals surface area contributed by atoms with Crippen LogP contribution in [0.4, 0.5) is 0 Å². The van der Waals surface area contributed by atoms with Gasteiger partial charge in [0.05, 0.1) is 12.2 Å². The van der Waals surface area contributed by atoms with Gasteiger partial charge < -0.3 is 4.74 Å². The van der Waals surface area contributed by atoms with Gasteiger partial charge in [0.25, 0.3) is 0 Å². The maximum Gasteiger partial charge on any atom is 0.0841 e. The van der Waals surface area contributed by atoms with Crippen LogP contribution in [0.2, 0.25) is 0 Å². The summed E-state index contributed by atoms with van der Waals surface area (Å²) in [7, 11) is 0. The normalized spacial score (nSPS) is 32.7. The standard InChI is InChI=1S/C8H16O/c1-3-5-7-8(9-7)6-4-2/h7-8H,3-6H2,1-2H3/t7-,8+. The van der Waals surface area contributed by atoms with Crippen LogP contribution in [-0.4, -0.2) is 12.2 Å². The Kier molecular flexibility index (Phi) is 2.52. The van der Waals surface area contributed by atoms with Crippen LogP contribution < -0.4 is 0 Å². The summed E-state index contributed by atoms with van der Waals surface area (Å²) in [4.78, 5) is 0. The molecule has 0 saturated carbocycles. The minimum Gasteiger partial charge on any atom is -0.370 e. The molecule has 1 rings (SSSR count). The van der Waals surface area contributed by atoms with Crippen LogP contribution in [0.1, 0.15) is 39.5 Å². The Hall–Kier alpha value is -0.0400. The molecule has 0 amide bonds.